The fourth-order valence-corrected chi connectivity index (χ4v) is 2.52. The third-order valence-electron chi connectivity index (χ3n) is 3.74. The Labute approximate surface area is 110 Å². The molecule has 18 heavy (non-hydrogen) atoms. The molecular formula is C16H23NO. The van der Waals surface area contributed by atoms with E-state index in [-0.39, 0.29) is 0 Å². The molecule has 1 aromatic rings. The molecule has 1 aliphatic heterocycles. The van der Waals surface area contributed by atoms with Crippen molar-refractivity contribution in [3.05, 3.63) is 35.9 Å². The van der Waals surface area contributed by atoms with E-state index < -0.39 is 0 Å². The van der Waals surface area contributed by atoms with Crippen LogP contribution in [0.3, 0.4) is 0 Å². The summed E-state index contributed by atoms with van der Waals surface area (Å²) in [6.45, 7) is 3.43. The molecule has 1 fully saturated rings. The molecule has 0 spiro atoms. The van der Waals surface area contributed by atoms with E-state index in [1.165, 1.54) is 24.8 Å². The quantitative estimate of drug-likeness (QED) is 0.876. The maximum atomic E-state index is 5.23. The van der Waals surface area contributed by atoms with Crippen molar-refractivity contribution in [1.29, 1.82) is 0 Å². The summed E-state index contributed by atoms with van der Waals surface area (Å²) in [5.41, 5.74) is 1.20. The Kier molecular flexibility index (Phi) is 4.82. The molecule has 1 heterocycles. The van der Waals surface area contributed by atoms with Gasteiger partial charge in [0.2, 0.25) is 0 Å². The van der Waals surface area contributed by atoms with Gasteiger partial charge in [0.05, 0.1) is 7.11 Å². The van der Waals surface area contributed by atoms with Crippen LogP contribution in [-0.4, -0.2) is 19.7 Å². The van der Waals surface area contributed by atoms with Crippen LogP contribution in [0, 0.1) is 5.92 Å². The molecule has 0 aromatic heterocycles. The first-order chi connectivity index (χ1) is 8.81. The molecule has 1 saturated heterocycles. The summed E-state index contributed by atoms with van der Waals surface area (Å²) < 4.78 is 5.23. The van der Waals surface area contributed by atoms with Crippen LogP contribution in [0.2, 0.25) is 0 Å². The first-order valence-corrected chi connectivity index (χ1v) is 6.87. The summed E-state index contributed by atoms with van der Waals surface area (Å²) in [5.74, 6) is 1.80. The van der Waals surface area contributed by atoms with Crippen LogP contribution < -0.4 is 10.1 Å². The molecule has 1 aliphatic rings. The van der Waals surface area contributed by atoms with E-state index >= 15 is 0 Å². The summed E-state index contributed by atoms with van der Waals surface area (Å²) in [4.78, 5) is 0. The summed E-state index contributed by atoms with van der Waals surface area (Å²) in [6, 6.07) is 8.70. The molecule has 0 bridgehead atoms. The lowest BCUT2D eigenvalue weighted by Gasteiger charge is -2.27. The van der Waals surface area contributed by atoms with Crippen molar-refractivity contribution in [3.63, 3.8) is 0 Å². The van der Waals surface area contributed by atoms with Gasteiger partial charge in [-0.25, -0.2) is 0 Å². The van der Waals surface area contributed by atoms with Gasteiger partial charge in [-0.3, -0.25) is 0 Å². The number of rotatable bonds is 4. The minimum atomic E-state index is 0.523. The summed E-state index contributed by atoms with van der Waals surface area (Å²) >= 11 is 0. The van der Waals surface area contributed by atoms with Crippen LogP contribution >= 0.6 is 0 Å². The number of hydrogen-bond acceptors (Lipinski definition) is 2. The summed E-state index contributed by atoms with van der Waals surface area (Å²) in [5, 5.41) is 3.56. The molecule has 0 saturated carbocycles. The Morgan fingerprint density at radius 1 is 1.44 bits per heavy atom. The molecule has 1 aromatic carbocycles. The van der Waals surface area contributed by atoms with Crippen molar-refractivity contribution < 1.29 is 4.74 Å². The van der Waals surface area contributed by atoms with Crippen molar-refractivity contribution in [2.24, 2.45) is 5.92 Å². The highest BCUT2D eigenvalue weighted by molar-refractivity contribution is 5.52. The molecule has 2 atom stereocenters. The number of methoxy groups -OCH3 is 1. The van der Waals surface area contributed by atoms with E-state index in [2.05, 4.69) is 36.5 Å². The Morgan fingerprint density at radius 3 is 3.11 bits per heavy atom. The zero-order valence-electron chi connectivity index (χ0n) is 11.4. The van der Waals surface area contributed by atoms with Crippen LogP contribution in [0.25, 0.3) is 6.08 Å². The first kappa shape index (κ1) is 13.2. The van der Waals surface area contributed by atoms with Crippen molar-refractivity contribution in [1.82, 2.24) is 5.32 Å². The van der Waals surface area contributed by atoms with Gasteiger partial charge < -0.3 is 10.1 Å². The average molecular weight is 245 g/mol. The Bertz CT molecular complexity index is 400. The largest absolute Gasteiger partial charge is 0.497 e. The second-order valence-electron chi connectivity index (χ2n) is 4.99. The van der Waals surface area contributed by atoms with Crippen LogP contribution in [0.1, 0.15) is 31.7 Å². The smallest absolute Gasteiger partial charge is 0.119 e. The molecule has 0 radical (unpaired) electrons. The second kappa shape index (κ2) is 6.60. The minimum absolute atomic E-state index is 0.523. The van der Waals surface area contributed by atoms with E-state index in [4.69, 9.17) is 4.74 Å². The topological polar surface area (TPSA) is 21.3 Å². The molecule has 0 amide bonds. The standard InChI is InChI=1S/C16H23NO/c1-3-13-9-10-17-15(11-13)8-7-14-5-4-6-16(12-14)18-2/h4-8,12-13,15,17H,3,9-11H2,1-2H3/b8-7+. The lowest BCUT2D eigenvalue weighted by Crippen LogP contribution is -2.36. The van der Waals surface area contributed by atoms with Gasteiger partial charge in [-0.1, -0.05) is 37.6 Å². The highest BCUT2D eigenvalue weighted by atomic mass is 16.5. The number of benzene rings is 1. The molecule has 0 aliphatic carbocycles. The zero-order chi connectivity index (χ0) is 12.8. The van der Waals surface area contributed by atoms with E-state index in [0.29, 0.717) is 6.04 Å². The number of nitrogens with one attached hydrogen (secondary N) is 1. The summed E-state index contributed by atoms with van der Waals surface area (Å²) in [7, 11) is 1.71. The maximum Gasteiger partial charge on any atom is 0.119 e. The lowest BCUT2D eigenvalue weighted by molar-refractivity contribution is 0.326. The minimum Gasteiger partial charge on any atom is -0.497 e. The SMILES string of the molecule is CCC1CCNC(/C=C/c2cccc(OC)c2)C1. The molecular weight excluding hydrogens is 222 g/mol. The predicted molar refractivity (Wildman–Crippen MR) is 76.8 cm³/mol. The molecule has 2 heteroatoms. The Hall–Kier alpha value is -1.28. The zero-order valence-corrected chi connectivity index (χ0v) is 11.4. The van der Waals surface area contributed by atoms with Crippen LogP contribution in [0.15, 0.2) is 30.3 Å². The third-order valence-corrected chi connectivity index (χ3v) is 3.74. The predicted octanol–water partition coefficient (Wildman–Crippen LogP) is 3.49. The van der Waals surface area contributed by atoms with Gasteiger partial charge in [0.1, 0.15) is 5.75 Å². The first-order valence-electron chi connectivity index (χ1n) is 6.87. The number of hydrogen-bond donors (Lipinski definition) is 1. The Morgan fingerprint density at radius 2 is 2.33 bits per heavy atom. The van der Waals surface area contributed by atoms with E-state index in [1.54, 1.807) is 7.11 Å². The number of piperidine rings is 1. The van der Waals surface area contributed by atoms with Crippen molar-refractivity contribution in [2.45, 2.75) is 32.2 Å². The van der Waals surface area contributed by atoms with Crippen LogP contribution in [-0.2, 0) is 0 Å². The van der Waals surface area contributed by atoms with Crippen molar-refractivity contribution >= 4 is 6.08 Å². The number of ether oxygens (including phenoxy) is 1. The molecule has 2 nitrogen and oxygen atoms in total. The van der Waals surface area contributed by atoms with Gasteiger partial charge in [0.15, 0.2) is 0 Å². The van der Waals surface area contributed by atoms with Crippen molar-refractivity contribution in [2.75, 3.05) is 13.7 Å². The third kappa shape index (κ3) is 3.61. The van der Waals surface area contributed by atoms with Gasteiger partial charge in [0, 0.05) is 6.04 Å². The maximum absolute atomic E-state index is 5.23. The second-order valence-corrected chi connectivity index (χ2v) is 4.99. The van der Waals surface area contributed by atoms with E-state index in [9.17, 15) is 0 Å². The van der Waals surface area contributed by atoms with Crippen LogP contribution in [0.5, 0.6) is 5.75 Å². The normalized spacial score (nSPS) is 24.3. The highest BCUT2D eigenvalue weighted by Crippen LogP contribution is 2.21. The average Bonchev–Trinajstić information content (AvgIpc) is 2.45. The van der Waals surface area contributed by atoms with Gasteiger partial charge in [0.25, 0.3) is 0 Å². The van der Waals surface area contributed by atoms with Gasteiger partial charge >= 0.3 is 0 Å². The van der Waals surface area contributed by atoms with Crippen molar-refractivity contribution in [3.8, 4) is 5.75 Å². The molecule has 98 valence electrons. The van der Waals surface area contributed by atoms with Crippen LogP contribution in [0.4, 0.5) is 0 Å². The Balaban J connectivity index is 1.97. The molecule has 2 rings (SSSR count). The summed E-state index contributed by atoms with van der Waals surface area (Å²) in [6.07, 6.45) is 8.36. The monoisotopic (exact) mass is 245 g/mol. The van der Waals surface area contributed by atoms with E-state index in [0.717, 1.165) is 18.2 Å². The highest BCUT2D eigenvalue weighted by Gasteiger charge is 2.17. The van der Waals surface area contributed by atoms with Gasteiger partial charge in [-0.05, 0) is 43.0 Å². The fourth-order valence-electron chi connectivity index (χ4n) is 2.52. The molecule has 2 unspecified atom stereocenters. The van der Waals surface area contributed by atoms with Gasteiger partial charge in [-0.2, -0.15) is 0 Å². The fraction of sp³-hybridized carbons (Fsp3) is 0.500. The van der Waals surface area contributed by atoms with Gasteiger partial charge in [-0.15, -0.1) is 0 Å². The van der Waals surface area contributed by atoms with E-state index in [1.807, 2.05) is 12.1 Å². The lowest BCUT2D eigenvalue weighted by atomic mass is 9.90. The molecule has 1 N–H and O–H groups in total.